The number of pyridine rings is 1. The summed E-state index contributed by atoms with van der Waals surface area (Å²) in [7, 11) is 0. The van der Waals surface area contributed by atoms with Gasteiger partial charge in [-0.2, -0.15) is 0 Å². The molecule has 0 aliphatic heterocycles. The molecule has 18 heavy (non-hydrogen) atoms. The largest absolute Gasteiger partial charge is 0.490 e. The number of rotatable bonds is 4. The molecule has 0 aliphatic rings. The van der Waals surface area contributed by atoms with E-state index in [0.717, 1.165) is 0 Å². The lowest BCUT2D eigenvalue weighted by Crippen LogP contribution is -2.34. The molecule has 1 aromatic heterocycles. The second-order valence-corrected chi connectivity index (χ2v) is 5.05. The zero-order valence-corrected chi connectivity index (χ0v) is 11.5. The Morgan fingerprint density at radius 3 is 2.78 bits per heavy atom. The van der Waals surface area contributed by atoms with E-state index < -0.39 is 11.7 Å². The Labute approximate surface area is 111 Å². The molecule has 0 spiro atoms. The van der Waals surface area contributed by atoms with Gasteiger partial charge in [-0.1, -0.05) is 11.6 Å². The van der Waals surface area contributed by atoms with Gasteiger partial charge < -0.3 is 14.8 Å². The zero-order valence-electron chi connectivity index (χ0n) is 10.7. The molecule has 0 atom stereocenters. The van der Waals surface area contributed by atoms with Crippen LogP contribution in [-0.4, -0.2) is 29.8 Å². The molecule has 1 heterocycles. The Morgan fingerprint density at radius 1 is 1.44 bits per heavy atom. The normalized spacial score (nSPS) is 10.9. The molecule has 0 aromatic carbocycles. The van der Waals surface area contributed by atoms with Crippen LogP contribution in [0.1, 0.15) is 20.8 Å². The van der Waals surface area contributed by atoms with E-state index in [0.29, 0.717) is 23.9 Å². The molecule has 1 amide bonds. The van der Waals surface area contributed by atoms with Crippen molar-refractivity contribution in [2.45, 2.75) is 26.4 Å². The number of aromatic nitrogens is 1. The van der Waals surface area contributed by atoms with Crippen LogP contribution in [0, 0.1) is 0 Å². The molecule has 0 bridgehead atoms. The number of hydrogen-bond acceptors (Lipinski definition) is 4. The molecule has 1 aromatic rings. The first-order chi connectivity index (χ1) is 8.37. The molecule has 0 radical (unpaired) electrons. The first-order valence-corrected chi connectivity index (χ1v) is 5.95. The summed E-state index contributed by atoms with van der Waals surface area (Å²) in [5.41, 5.74) is -0.498. The molecular formula is C12H17ClN2O3. The van der Waals surface area contributed by atoms with Crippen LogP contribution in [0.5, 0.6) is 5.75 Å². The SMILES string of the molecule is CC(C)(C)OC(=O)NCCOc1cncc(Cl)c1. The van der Waals surface area contributed by atoms with E-state index in [4.69, 9.17) is 21.1 Å². The van der Waals surface area contributed by atoms with Crippen molar-refractivity contribution in [1.29, 1.82) is 0 Å². The third-order valence-corrected chi connectivity index (χ3v) is 1.93. The predicted molar refractivity (Wildman–Crippen MR) is 69.0 cm³/mol. The van der Waals surface area contributed by atoms with E-state index in [-0.39, 0.29) is 0 Å². The highest BCUT2D eigenvalue weighted by atomic mass is 35.5. The van der Waals surface area contributed by atoms with Crippen molar-refractivity contribution in [3.63, 3.8) is 0 Å². The Hall–Kier alpha value is -1.49. The van der Waals surface area contributed by atoms with Gasteiger partial charge >= 0.3 is 6.09 Å². The average molecular weight is 273 g/mol. The zero-order chi connectivity index (χ0) is 13.6. The Kier molecular flexibility index (Phi) is 5.22. The average Bonchev–Trinajstić information content (AvgIpc) is 2.22. The first kappa shape index (κ1) is 14.6. The summed E-state index contributed by atoms with van der Waals surface area (Å²) in [6.45, 7) is 6.09. The lowest BCUT2D eigenvalue weighted by Gasteiger charge is -2.19. The Bertz CT molecular complexity index is 405. The summed E-state index contributed by atoms with van der Waals surface area (Å²) in [5, 5.41) is 3.09. The Morgan fingerprint density at radius 2 is 2.17 bits per heavy atom. The van der Waals surface area contributed by atoms with Crippen molar-refractivity contribution < 1.29 is 14.3 Å². The van der Waals surface area contributed by atoms with E-state index in [1.54, 1.807) is 33.0 Å². The number of hydrogen-bond donors (Lipinski definition) is 1. The van der Waals surface area contributed by atoms with E-state index in [9.17, 15) is 4.79 Å². The van der Waals surface area contributed by atoms with Gasteiger partial charge in [-0.15, -0.1) is 0 Å². The van der Waals surface area contributed by atoms with Crippen LogP contribution < -0.4 is 10.1 Å². The highest BCUT2D eigenvalue weighted by molar-refractivity contribution is 6.30. The molecule has 6 heteroatoms. The summed E-state index contributed by atoms with van der Waals surface area (Å²) < 4.78 is 10.4. The minimum atomic E-state index is -0.498. The topological polar surface area (TPSA) is 60.5 Å². The number of amides is 1. The van der Waals surface area contributed by atoms with Crippen molar-refractivity contribution in [2.24, 2.45) is 0 Å². The third-order valence-electron chi connectivity index (χ3n) is 1.72. The number of ether oxygens (including phenoxy) is 2. The standard InChI is InChI=1S/C12H17ClN2O3/c1-12(2,3)18-11(16)15-4-5-17-10-6-9(13)7-14-8-10/h6-8H,4-5H2,1-3H3,(H,15,16). The van der Waals surface area contributed by atoms with Crippen LogP contribution in [0.15, 0.2) is 18.5 Å². The molecule has 0 unspecified atom stereocenters. The maximum Gasteiger partial charge on any atom is 0.407 e. The van der Waals surface area contributed by atoms with E-state index in [1.807, 2.05) is 0 Å². The van der Waals surface area contributed by atoms with Crippen LogP contribution in [0.4, 0.5) is 4.79 Å². The smallest absolute Gasteiger partial charge is 0.407 e. The van der Waals surface area contributed by atoms with Gasteiger partial charge in [0.1, 0.15) is 18.0 Å². The predicted octanol–water partition coefficient (Wildman–Crippen LogP) is 2.64. The second kappa shape index (κ2) is 6.44. The molecule has 1 N–H and O–H groups in total. The maximum absolute atomic E-state index is 11.3. The van der Waals surface area contributed by atoms with Gasteiger partial charge in [0.15, 0.2) is 0 Å². The van der Waals surface area contributed by atoms with Gasteiger partial charge in [-0.05, 0) is 20.8 Å². The van der Waals surface area contributed by atoms with Crippen molar-refractivity contribution in [2.75, 3.05) is 13.2 Å². The van der Waals surface area contributed by atoms with Crippen molar-refractivity contribution in [3.8, 4) is 5.75 Å². The highest BCUT2D eigenvalue weighted by Gasteiger charge is 2.15. The molecule has 5 nitrogen and oxygen atoms in total. The summed E-state index contributed by atoms with van der Waals surface area (Å²) in [6, 6.07) is 1.65. The lowest BCUT2D eigenvalue weighted by atomic mass is 10.2. The van der Waals surface area contributed by atoms with E-state index >= 15 is 0 Å². The minimum Gasteiger partial charge on any atom is -0.490 e. The number of nitrogens with zero attached hydrogens (tertiary/aromatic N) is 1. The highest BCUT2D eigenvalue weighted by Crippen LogP contribution is 2.14. The molecule has 1 rings (SSSR count). The summed E-state index contributed by atoms with van der Waals surface area (Å²) in [4.78, 5) is 15.2. The van der Waals surface area contributed by atoms with Crippen molar-refractivity contribution >= 4 is 17.7 Å². The van der Waals surface area contributed by atoms with E-state index in [1.165, 1.54) is 6.20 Å². The number of carbonyl (C=O) groups is 1. The lowest BCUT2D eigenvalue weighted by molar-refractivity contribution is 0.0520. The number of alkyl carbamates (subject to hydrolysis) is 1. The molecular weight excluding hydrogens is 256 g/mol. The first-order valence-electron chi connectivity index (χ1n) is 5.57. The summed E-state index contributed by atoms with van der Waals surface area (Å²) >= 11 is 5.75. The van der Waals surface area contributed by atoms with Crippen LogP contribution in [0.25, 0.3) is 0 Å². The van der Waals surface area contributed by atoms with Crippen LogP contribution >= 0.6 is 11.6 Å². The molecule has 0 saturated heterocycles. The van der Waals surface area contributed by atoms with Gasteiger partial charge in [-0.25, -0.2) is 4.79 Å². The second-order valence-electron chi connectivity index (χ2n) is 4.62. The quantitative estimate of drug-likeness (QED) is 0.856. The fourth-order valence-corrected chi connectivity index (χ4v) is 1.27. The summed E-state index contributed by atoms with van der Waals surface area (Å²) in [5.74, 6) is 0.563. The van der Waals surface area contributed by atoms with Gasteiger partial charge in [0, 0.05) is 12.3 Å². The van der Waals surface area contributed by atoms with Gasteiger partial charge in [-0.3, -0.25) is 4.98 Å². The Balaban J connectivity index is 2.21. The van der Waals surface area contributed by atoms with Crippen LogP contribution in [0.2, 0.25) is 5.02 Å². The third kappa shape index (κ3) is 6.30. The van der Waals surface area contributed by atoms with Gasteiger partial charge in [0.2, 0.25) is 0 Å². The van der Waals surface area contributed by atoms with Crippen molar-refractivity contribution in [1.82, 2.24) is 10.3 Å². The van der Waals surface area contributed by atoms with Crippen molar-refractivity contribution in [3.05, 3.63) is 23.5 Å². The maximum atomic E-state index is 11.3. The van der Waals surface area contributed by atoms with Crippen LogP contribution in [-0.2, 0) is 4.74 Å². The molecule has 0 fully saturated rings. The van der Waals surface area contributed by atoms with Crippen LogP contribution in [0.3, 0.4) is 0 Å². The monoisotopic (exact) mass is 272 g/mol. The van der Waals surface area contributed by atoms with Gasteiger partial charge in [0.25, 0.3) is 0 Å². The number of carbonyl (C=O) groups excluding carboxylic acids is 1. The van der Waals surface area contributed by atoms with Gasteiger partial charge in [0.05, 0.1) is 17.8 Å². The molecule has 0 saturated carbocycles. The van der Waals surface area contributed by atoms with E-state index in [2.05, 4.69) is 10.3 Å². The number of nitrogens with one attached hydrogen (secondary N) is 1. The fourth-order valence-electron chi connectivity index (χ4n) is 1.11. The number of halogens is 1. The fraction of sp³-hybridized carbons (Fsp3) is 0.500. The summed E-state index contributed by atoms with van der Waals surface area (Å²) in [6.07, 6.45) is 2.61. The minimum absolute atomic E-state index is 0.321. The molecule has 0 aliphatic carbocycles. The molecule has 100 valence electrons.